The van der Waals surface area contributed by atoms with Crippen molar-refractivity contribution in [2.24, 2.45) is 0 Å². The second kappa shape index (κ2) is 2.72. The molecule has 0 saturated carbocycles. The molecule has 0 aromatic carbocycles. The molecule has 0 saturated heterocycles. The van der Waals surface area contributed by atoms with Gasteiger partial charge in [0.2, 0.25) is 0 Å². The summed E-state index contributed by atoms with van der Waals surface area (Å²) in [6.07, 6.45) is 0.600. The molecular weight excluding hydrogens is 274 g/mol. The average molecular weight is 294 g/mol. The summed E-state index contributed by atoms with van der Waals surface area (Å²) in [6.45, 7) is 7.19. The number of hydrogen-bond donors (Lipinski definition) is 0. The van der Waals surface area contributed by atoms with Crippen molar-refractivity contribution in [1.82, 2.24) is 0 Å². The molecule has 3 heterocycles. The number of nitrogens with zero attached hydrogens (tertiary/aromatic N) is 2. The summed E-state index contributed by atoms with van der Waals surface area (Å²) in [5.74, 6) is 1.28. The van der Waals surface area contributed by atoms with Gasteiger partial charge in [-0.3, -0.25) is 0 Å². The molecule has 4 nitrogen and oxygen atoms in total. The summed E-state index contributed by atoms with van der Waals surface area (Å²) in [7, 11) is -7.55. The van der Waals surface area contributed by atoms with Crippen molar-refractivity contribution in [2.45, 2.75) is 26.2 Å². The van der Waals surface area contributed by atoms with Crippen LogP contribution in [0.5, 0.6) is 0 Å². The van der Waals surface area contributed by atoms with Gasteiger partial charge < -0.3 is 0 Å². The first-order valence-corrected chi connectivity index (χ1v) is 13.3. The fourth-order valence-electron chi connectivity index (χ4n) is 3.04. The molecule has 0 N–H and O–H groups in total. The molecule has 0 radical (unpaired) electrons. The van der Waals surface area contributed by atoms with Crippen molar-refractivity contribution in [2.75, 3.05) is 25.4 Å². The van der Waals surface area contributed by atoms with Crippen LogP contribution in [0.2, 0.25) is 26.2 Å². The van der Waals surface area contributed by atoms with Crippen LogP contribution >= 0.6 is 0 Å². The van der Waals surface area contributed by atoms with Gasteiger partial charge in [0.1, 0.15) is 0 Å². The Bertz CT molecular complexity index is 441. The number of halogens is 2. The normalized spacial score (nSPS) is 38.3. The Kier molecular flexibility index (Phi) is 1.85. The molecule has 0 aliphatic carbocycles. The van der Waals surface area contributed by atoms with Crippen LogP contribution in [0.1, 0.15) is 0 Å². The Labute approximate surface area is 106 Å². The first-order valence-electron chi connectivity index (χ1n) is 6.32. The third-order valence-electron chi connectivity index (χ3n) is 3.49. The van der Waals surface area contributed by atoms with Gasteiger partial charge in [-0.15, -0.1) is 0 Å². The molecule has 18 heavy (non-hydrogen) atoms. The summed E-state index contributed by atoms with van der Waals surface area (Å²) in [5, 5.41) is 0. The van der Waals surface area contributed by atoms with E-state index in [9.17, 15) is 8.22 Å². The Hall–Kier alpha value is -0.766. The van der Waals surface area contributed by atoms with Crippen LogP contribution < -0.4 is 0 Å². The van der Waals surface area contributed by atoms with Crippen molar-refractivity contribution in [3.63, 3.8) is 0 Å². The quantitative estimate of drug-likeness (QED) is 0.381. The van der Waals surface area contributed by atoms with Crippen LogP contribution in [0.25, 0.3) is 0 Å². The molecule has 0 spiro atoms. The number of rotatable bonds is 0. The van der Waals surface area contributed by atoms with Crippen LogP contribution in [-0.4, -0.2) is 62.2 Å². The van der Waals surface area contributed by atoms with Gasteiger partial charge in [-0.25, -0.2) is 0 Å². The van der Waals surface area contributed by atoms with Crippen LogP contribution in [0, 0.1) is 0 Å². The molecule has 0 aromatic rings. The van der Waals surface area contributed by atoms with Gasteiger partial charge in [0.15, 0.2) is 0 Å². The molecule has 0 bridgehead atoms. The Balaban J connectivity index is 1.84. The maximum absolute atomic E-state index is 14.5. The van der Waals surface area contributed by atoms with Crippen molar-refractivity contribution >= 4 is 27.7 Å². The summed E-state index contributed by atoms with van der Waals surface area (Å²) < 4.78 is 43.9. The van der Waals surface area contributed by atoms with E-state index in [1.807, 2.05) is 9.15 Å². The molecule has 0 amide bonds. The predicted octanol–water partition coefficient (Wildman–Crippen LogP) is 1.21. The maximum atomic E-state index is 14.5. The zero-order chi connectivity index (χ0) is 13.4. The Morgan fingerprint density at radius 1 is 0.833 bits per heavy atom. The van der Waals surface area contributed by atoms with Crippen molar-refractivity contribution in [1.29, 1.82) is 0 Å². The van der Waals surface area contributed by atoms with Gasteiger partial charge in [0, 0.05) is 0 Å². The minimum atomic E-state index is -3.77. The van der Waals surface area contributed by atoms with E-state index >= 15 is 0 Å². The molecule has 3 rings (SSSR count). The van der Waals surface area contributed by atoms with Crippen molar-refractivity contribution in [3.8, 4) is 0 Å². The molecule has 3 aliphatic heterocycles. The third kappa shape index (κ3) is 2.01. The summed E-state index contributed by atoms with van der Waals surface area (Å²) >= 11 is 0. The van der Waals surface area contributed by atoms with Gasteiger partial charge >= 0.3 is 105 Å². The van der Waals surface area contributed by atoms with E-state index in [-0.39, 0.29) is 0 Å². The second-order valence-corrected chi connectivity index (χ2v) is 17.8. The van der Waals surface area contributed by atoms with E-state index in [1.165, 1.54) is 0 Å². The monoisotopic (exact) mass is 294 g/mol. The minimum absolute atomic E-state index is 0.300. The fourth-order valence-corrected chi connectivity index (χ4v) is 7.71. The molecule has 0 aromatic heterocycles. The van der Waals surface area contributed by atoms with E-state index in [2.05, 4.69) is 0 Å². The first-order chi connectivity index (χ1) is 7.88. The van der Waals surface area contributed by atoms with E-state index in [0.717, 1.165) is 0 Å². The standard InChI is InChI=1S/C10H20F2N2O2Si2/c1-17(2,11)7-13-6-10-14(5-9(13)15-17)8-18(3,4,12)16-10/h5-8H2,1-4H3. The fraction of sp³-hybridized carbons (Fsp3) is 0.800. The van der Waals surface area contributed by atoms with Crippen LogP contribution in [0.4, 0.5) is 8.22 Å². The summed E-state index contributed by atoms with van der Waals surface area (Å²) in [6, 6.07) is 0. The van der Waals surface area contributed by atoms with Crippen LogP contribution in [0.15, 0.2) is 0 Å². The van der Waals surface area contributed by atoms with Gasteiger partial charge in [-0.05, 0) is 0 Å². The molecular formula is C10H20F2N2O2Si2. The molecule has 8 heteroatoms. The third-order valence-corrected chi connectivity index (χ3v) is 7.74. The van der Waals surface area contributed by atoms with Gasteiger partial charge in [-0.2, -0.15) is 0 Å². The summed E-state index contributed by atoms with van der Waals surface area (Å²) in [4.78, 5) is 0. The Morgan fingerprint density at radius 3 is 1.50 bits per heavy atom. The van der Waals surface area contributed by atoms with Crippen LogP contribution in [-0.2, 0) is 8.85 Å². The van der Waals surface area contributed by atoms with Gasteiger partial charge in [0.05, 0.1) is 0 Å². The van der Waals surface area contributed by atoms with Crippen LogP contribution in [0.3, 0.4) is 0 Å². The second-order valence-electron chi connectivity index (χ2n) is 7.40. The molecule has 3 aliphatic rings. The first kappa shape index (κ1) is 12.3. The Morgan fingerprint density at radius 2 is 1.17 bits per heavy atom. The zero-order valence-electron chi connectivity index (χ0n) is 11.3. The van der Waals surface area contributed by atoms with Crippen molar-refractivity contribution < 1.29 is 26.2 Å². The van der Waals surface area contributed by atoms with E-state index in [4.69, 9.17) is 8.85 Å². The van der Waals surface area contributed by atoms with E-state index < -0.39 is 15.9 Å². The van der Waals surface area contributed by atoms with Crippen molar-refractivity contribution in [3.05, 3.63) is 0 Å². The number of hydrogen-bond acceptors (Lipinski definition) is 2. The molecule has 0 fully saturated rings. The average Bonchev–Trinajstić information content (AvgIpc) is 2.44. The van der Waals surface area contributed by atoms with Gasteiger partial charge in [-0.1, -0.05) is 0 Å². The molecule has 0 atom stereocenters. The molecule has 0 unspecified atom stereocenters. The SMILES string of the molecule is C[Si-]1(C)(F)C[N+]2=C(C[N+]3=C(C2)O[Si-](C)(C)(F)C3)O1. The topological polar surface area (TPSA) is 24.5 Å². The van der Waals surface area contributed by atoms with Gasteiger partial charge in [0.25, 0.3) is 0 Å². The zero-order valence-corrected chi connectivity index (χ0v) is 13.3. The molecule has 104 valence electrons. The summed E-state index contributed by atoms with van der Waals surface area (Å²) in [5.41, 5.74) is 0. The van der Waals surface area contributed by atoms with E-state index in [0.29, 0.717) is 37.2 Å². The predicted molar refractivity (Wildman–Crippen MR) is 69.4 cm³/mol. The van der Waals surface area contributed by atoms with E-state index in [1.54, 1.807) is 26.2 Å².